The SMILES string of the molecule is O=[N+]([O-])c1cccc(C2=NNC(=NC3CCCCC3)SC2)c1. The molecule has 0 spiro atoms. The van der Waals surface area contributed by atoms with Crippen molar-refractivity contribution in [3.8, 4) is 0 Å². The van der Waals surface area contributed by atoms with Crippen LogP contribution < -0.4 is 5.43 Å². The van der Waals surface area contributed by atoms with E-state index in [0.29, 0.717) is 11.8 Å². The van der Waals surface area contributed by atoms with Gasteiger partial charge in [-0.05, 0) is 12.8 Å². The number of benzene rings is 1. The van der Waals surface area contributed by atoms with E-state index in [9.17, 15) is 10.1 Å². The summed E-state index contributed by atoms with van der Waals surface area (Å²) < 4.78 is 0. The van der Waals surface area contributed by atoms with Crippen LogP contribution in [0.1, 0.15) is 37.7 Å². The van der Waals surface area contributed by atoms with E-state index in [1.807, 2.05) is 6.07 Å². The third kappa shape index (κ3) is 3.65. The van der Waals surface area contributed by atoms with Gasteiger partial charge in [0.25, 0.3) is 5.69 Å². The molecule has 0 radical (unpaired) electrons. The number of amidine groups is 1. The molecule has 1 heterocycles. The zero-order chi connectivity index (χ0) is 15.4. The first-order valence-corrected chi connectivity index (χ1v) is 8.49. The largest absolute Gasteiger partial charge is 0.270 e. The number of hydrogen-bond donors (Lipinski definition) is 1. The maximum atomic E-state index is 10.8. The topological polar surface area (TPSA) is 79.9 Å². The molecule has 3 rings (SSSR count). The highest BCUT2D eigenvalue weighted by atomic mass is 32.2. The summed E-state index contributed by atoms with van der Waals surface area (Å²) in [6.45, 7) is 0. The number of hydrogen-bond acceptors (Lipinski definition) is 5. The Bertz CT molecular complexity index is 624. The van der Waals surface area contributed by atoms with Crippen molar-refractivity contribution in [3.63, 3.8) is 0 Å². The summed E-state index contributed by atoms with van der Waals surface area (Å²) in [6, 6.07) is 7.00. The first kappa shape index (κ1) is 15.0. The first-order valence-electron chi connectivity index (χ1n) is 7.50. The lowest BCUT2D eigenvalue weighted by molar-refractivity contribution is -0.384. The van der Waals surface area contributed by atoms with Crippen molar-refractivity contribution in [2.75, 3.05) is 5.75 Å². The van der Waals surface area contributed by atoms with Gasteiger partial charge in [-0.3, -0.25) is 20.5 Å². The van der Waals surface area contributed by atoms with Gasteiger partial charge < -0.3 is 0 Å². The number of nitrogens with one attached hydrogen (secondary N) is 1. The van der Waals surface area contributed by atoms with Crippen molar-refractivity contribution in [1.29, 1.82) is 0 Å². The first-order chi connectivity index (χ1) is 10.7. The lowest BCUT2D eigenvalue weighted by Gasteiger charge is -2.20. The van der Waals surface area contributed by atoms with E-state index in [0.717, 1.165) is 29.3 Å². The Balaban J connectivity index is 1.69. The Morgan fingerprint density at radius 2 is 2.14 bits per heavy atom. The molecule has 1 aromatic rings. The molecule has 0 aromatic heterocycles. The summed E-state index contributed by atoms with van der Waals surface area (Å²) in [4.78, 5) is 15.2. The van der Waals surface area contributed by atoms with Gasteiger partial charge in [0, 0.05) is 23.4 Å². The van der Waals surface area contributed by atoms with Crippen molar-refractivity contribution in [2.45, 2.75) is 38.1 Å². The number of hydrazone groups is 1. The number of non-ortho nitro benzene ring substituents is 1. The molecule has 1 fully saturated rings. The molecular weight excluding hydrogens is 300 g/mol. The Morgan fingerprint density at radius 3 is 2.82 bits per heavy atom. The van der Waals surface area contributed by atoms with E-state index < -0.39 is 0 Å². The second-order valence-corrected chi connectivity index (χ2v) is 6.46. The van der Waals surface area contributed by atoms with Crippen LogP contribution in [0, 0.1) is 10.1 Å². The number of nitro groups is 1. The summed E-state index contributed by atoms with van der Waals surface area (Å²) >= 11 is 1.61. The standard InChI is InChI=1S/C15H18N4O2S/c20-19(21)13-8-4-5-11(9-13)14-10-22-15(18-17-14)16-12-6-2-1-3-7-12/h4-5,8-9,12H,1-3,6-7,10H2,(H,16,18). The molecule has 0 saturated heterocycles. The average Bonchev–Trinajstić information content (AvgIpc) is 2.56. The summed E-state index contributed by atoms with van der Waals surface area (Å²) in [7, 11) is 0. The predicted octanol–water partition coefficient (Wildman–Crippen LogP) is 3.32. The fraction of sp³-hybridized carbons (Fsp3) is 0.467. The van der Waals surface area contributed by atoms with Crippen molar-refractivity contribution < 1.29 is 4.92 Å². The second kappa shape index (κ2) is 6.91. The van der Waals surface area contributed by atoms with Gasteiger partial charge in [0.1, 0.15) is 0 Å². The van der Waals surface area contributed by atoms with Crippen LogP contribution >= 0.6 is 11.8 Å². The van der Waals surface area contributed by atoms with Crippen LogP contribution in [0.25, 0.3) is 0 Å². The molecule has 1 aliphatic carbocycles. The highest BCUT2D eigenvalue weighted by Crippen LogP contribution is 2.23. The van der Waals surface area contributed by atoms with Crippen LogP contribution in [0.4, 0.5) is 5.69 Å². The van der Waals surface area contributed by atoms with E-state index in [1.165, 1.54) is 25.3 Å². The Morgan fingerprint density at radius 1 is 1.32 bits per heavy atom. The number of aliphatic imine (C=N–C) groups is 1. The van der Waals surface area contributed by atoms with Crippen molar-refractivity contribution in [2.24, 2.45) is 10.1 Å². The fourth-order valence-corrected chi connectivity index (χ4v) is 3.54. The third-order valence-electron chi connectivity index (χ3n) is 3.90. The minimum Gasteiger partial charge on any atom is -0.258 e. The molecule has 0 atom stereocenters. The summed E-state index contributed by atoms with van der Waals surface area (Å²) in [6.07, 6.45) is 6.15. The normalized spacial score (nSPS) is 21.3. The fourth-order valence-electron chi connectivity index (χ4n) is 2.71. The molecule has 22 heavy (non-hydrogen) atoms. The number of thioether (sulfide) groups is 1. The third-order valence-corrected chi connectivity index (χ3v) is 4.78. The van der Waals surface area contributed by atoms with Gasteiger partial charge >= 0.3 is 0 Å². The minimum absolute atomic E-state index is 0.0897. The zero-order valence-corrected chi connectivity index (χ0v) is 13.0. The monoisotopic (exact) mass is 318 g/mol. The lowest BCUT2D eigenvalue weighted by Crippen LogP contribution is -2.27. The van der Waals surface area contributed by atoms with Crippen LogP contribution in [0.2, 0.25) is 0 Å². The van der Waals surface area contributed by atoms with Crippen molar-refractivity contribution >= 4 is 28.3 Å². The van der Waals surface area contributed by atoms with Crippen LogP contribution in [-0.4, -0.2) is 27.6 Å². The van der Waals surface area contributed by atoms with Gasteiger partial charge in [-0.2, -0.15) is 5.10 Å². The van der Waals surface area contributed by atoms with Crippen LogP contribution in [0.3, 0.4) is 0 Å². The van der Waals surface area contributed by atoms with E-state index in [4.69, 9.17) is 4.99 Å². The van der Waals surface area contributed by atoms with Crippen LogP contribution in [-0.2, 0) is 0 Å². The Kier molecular flexibility index (Phi) is 4.72. The smallest absolute Gasteiger partial charge is 0.258 e. The van der Waals surface area contributed by atoms with Gasteiger partial charge in [-0.1, -0.05) is 43.2 Å². The highest BCUT2D eigenvalue weighted by Gasteiger charge is 2.18. The van der Waals surface area contributed by atoms with Crippen LogP contribution in [0.5, 0.6) is 0 Å². The number of rotatable bonds is 3. The van der Waals surface area contributed by atoms with E-state index in [2.05, 4.69) is 10.5 Å². The number of nitrogens with zero attached hydrogens (tertiary/aromatic N) is 3. The molecule has 7 heteroatoms. The minimum atomic E-state index is -0.385. The summed E-state index contributed by atoms with van der Waals surface area (Å²) in [5, 5.41) is 16.0. The molecule has 1 N–H and O–H groups in total. The number of nitro benzene ring substituents is 1. The maximum Gasteiger partial charge on any atom is 0.270 e. The molecular formula is C15H18N4O2S. The summed E-state index contributed by atoms with van der Waals surface area (Å²) in [5.41, 5.74) is 4.68. The van der Waals surface area contributed by atoms with E-state index in [-0.39, 0.29) is 10.6 Å². The van der Waals surface area contributed by atoms with E-state index in [1.54, 1.807) is 23.9 Å². The summed E-state index contributed by atoms with van der Waals surface area (Å²) in [5.74, 6) is 0.680. The van der Waals surface area contributed by atoms with Crippen molar-refractivity contribution in [1.82, 2.24) is 5.43 Å². The van der Waals surface area contributed by atoms with Gasteiger partial charge in [-0.15, -0.1) is 0 Å². The lowest BCUT2D eigenvalue weighted by atomic mass is 9.96. The molecule has 1 aromatic carbocycles. The van der Waals surface area contributed by atoms with Gasteiger partial charge in [0.15, 0.2) is 5.17 Å². The molecule has 2 aliphatic rings. The molecule has 1 aliphatic heterocycles. The van der Waals surface area contributed by atoms with Crippen molar-refractivity contribution in [3.05, 3.63) is 39.9 Å². The molecule has 116 valence electrons. The zero-order valence-electron chi connectivity index (χ0n) is 12.2. The molecule has 1 saturated carbocycles. The van der Waals surface area contributed by atoms with Gasteiger partial charge in [0.2, 0.25) is 0 Å². The van der Waals surface area contributed by atoms with Gasteiger partial charge in [0.05, 0.1) is 16.7 Å². The average molecular weight is 318 g/mol. The molecule has 0 amide bonds. The molecule has 0 unspecified atom stereocenters. The molecule has 0 bridgehead atoms. The second-order valence-electron chi connectivity index (χ2n) is 5.49. The van der Waals surface area contributed by atoms with Crippen LogP contribution in [0.15, 0.2) is 34.4 Å². The maximum absolute atomic E-state index is 10.8. The predicted molar refractivity (Wildman–Crippen MR) is 89.5 cm³/mol. The Hall–Kier alpha value is -1.89. The Labute approximate surface area is 133 Å². The molecule has 6 nitrogen and oxygen atoms in total. The van der Waals surface area contributed by atoms with E-state index >= 15 is 0 Å². The quantitative estimate of drug-likeness (QED) is 0.685. The van der Waals surface area contributed by atoms with Gasteiger partial charge in [-0.25, -0.2) is 0 Å². The highest BCUT2D eigenvalue weighted by molar-refractivity contribution is 8.14.